The van der Waals surface area contributed by atoms with Crippen molar-refractivity contribution in [3.63, 3.8) is 0 Å². The largest absolute Gasteiger partial charge is 0.263 e. The van der Waals surface area contributed by atoms with E-state index in [1.165, 1.54) is 0 Å². The van der Waals surface area contributed by atoms with E-state index in [1.807, 2.05) is 4.72 Å². The number of rotatable bonds is 3. The Balaban J connectivity index is 2.41. The third-order valence-electron chi connectivity index (χ3n) is 2.18. The normalized spacial score (nSPS) is 11.4. The van der Waals surface area contributed by atoms with Gasteiger partial charge in [-0.25, -0.2) is 27.2 Å². The fourth-order valence-corrected chi connectivity index (χ4v) is 2.62. The Bertz CT molecular complexity index is 771. The number of benzene rings is 1. The quantitative estimate of drug-likeness (QED) is 0.872. The van der Waals surface area contributed by atoms with Gasteiger partial charge in [0.25, 0.3) is 10.0 Å². The Morgan fingerprint density at radius 2 is 1.80 bits per heavy atom. The van der Waals surface area contributed by atoms with Crippen LogP contribution in [0, 0.1) is 11.6 Å². The molecule has 0 amide bonds. The van der Waals surface area contributed by atoms with Gasteiger partial charge in [-0.05, 0) is 18.2 Å². The van der Waals surface area contributed by atoms with Crippen molar-refractivity contribution in [3.05, 3.63) is 46.3 Å². The first kappa shape index (κ1) is 14.9. The molecular weight excluding hydrogens is 335 g/mol. The van der Waals surface area contributed by atoms with Gasteiger partial charge < -0.3 is 0 Å². The van der Waals surface area contributed by atoms with Crippen LogP contribution in [-0.4, -0.2) is 18.4 Å². The van der Waals surface area contributed by atoms with Crippen LogP contribution >= 0.6 is 23.2 Å². The predicted molar refractivity (Wildman–Crippen MR) is 69.2 cm³/mol. The molecule has 0 fully saturated rings. The predicted octanol–water partition coefficient (Wildman–Crippen LogP) is 2.86. The Hall–Kier alpha value is -1.51. The van der Waals surface area contributed by atoms with Gasteiger partial charge in [-0.2, -0.15) is 0 Å². The summed E-state index contributed by atoms with van der Waals surface area (Å²) in [7, 11) is -4.18. The van der Waals surface area contributed by atoms with Crippen molar-refractivity contribution < 1.29 is 17.2 Å². The van der Waals surface area contributed by atoms with Gasteiger partial charge in [-0.3, -0.25) is 4.72 Å². The van der Waals surface area contributed by atoms with Crippen molar-refractivity contribution in [2.24, 2.45) is 0 Å². The van der Waals surface area contributed by atoms with E-state index in [9.17, 15) is 17.2 Å². The van der Waals surface area contributed by atoms with Gasteiger partial charge in [-0.15, -0.1) is 0 Å². The molecule has 1 aromatic carbocycles. The minimum absolute atomic E-state index is 0.148. The van der Waals surface area contributed by atoms with E-state index in [0.717, 1.165) is 12.4 Å². The zero-order valence-corrected chi connectivity index (χ0v) is 11.8. The zero-order valence-electron chi connectivity index (χ0n) is 9.44. The Labute approximate surface area is 122 Å². The molecule has 0 spiro atoms. The third-order valence-corrected chi connectivity index (χ3v) is 4.26. The van der Waals surface area contributed by atoms with Crippen LogP contribution in [0.1, 0.15) is 0 Å². The maximum absolute atomic E-state index is 13.1. The summed E-state index contributed by atoms with van der Waals surface area (Å²) in [6.07, 6.45) is 0.997. The average molecular weight is 340 g/mol. The molecule has 2 aromatic rings. The summed E-state index contributed by atoms with van der Waals surface area (Å²) in [4.78, 5) is 6.67. The molecule has 0 unspecified atom stereocenters. The van der Waals surface area contributed by atoms with E-state index >= 15 is 0 Å². The van der Waals surface area contributed by atoms with Crippen LogP contribution in [0.2, 0.25) is 10.2 Å². The lowest BCUT2D eigenvalue weighted by molar-refractivity contribution is 0.504. The number of hydrogen-bond acceptors (Lipinski definition) is 4. The zero-order chi connectivity index (χ0) is 14.9. The second-order valence-electron chi connectivity index (χ2n) is 3.51. The highest BCUT2D eigenvalue weighted by molar-refractivity contribution is 7.92. The van der Waals surface area contributed by atoms with Crippen LogP contribution in [-0.2, 0) is 10.0 Å². The monoisotopic (exact) mass is 339 g/mol. The lowest BCUT2D eigenvalue weighted by Crippen LogP contribution is -2.15. The number of anilines is 1. The number of sulfonamides is 1. The Morgan fingerprint density at radius 1 is 1.10 bits per heavy atom. The van der Waals surface area contributed by atoms with Crippen molar-refractivity contribution in [1.29, 1.82) is 0 Å². The van der Waals surface area contributed by atoms with Crippen LogP contribution in [0.5, 0.6) is 0 Å². The Kier molecular flexibility index (Phi) is 4.07. The van der Waals surface area contributed by atoms with Crippen molar-refractivity contribution in [3.8, 4) is 0 Å². The summed E-state index contributed by atoms with van der Waals surface area (Å²) < 4.78 is 51.8. The molecule has 2 rings (SSSR count). The van der Waals surface area contributed by atoms with E-state index in [0.29, 0.717) is 12.1 Å². The van der Waals surface area contributed by atoms with E-state index in [2.05, 4.69) is 9.97 Å². The lowest BCUT2D eigenvalue weighted by Gasteiger charge is -2.09. The number of hydrogen-bond donors (Lipinski definition) is 1. The maximum atomic E-state index is 13.1. The molecule has 20 heavy (non-hydrogen) atoms. The number of aromatic nitrogens is 2. The maximum Gasteiger partial charge on any atom is 0.263 e. The minimum atomic E-state index is -4.18. The highest BCUT2D eigenvalue weighted by Gasteiger charge is 2.19. The van der Waals surface area contributed by atoms with Crippen LogP contribution < -0.4 is 4.72 Å². The van der Waals surface area contributed by atoms with Gasteiger partial charge in [0.15, 0.2) is 22.6 Å². The van der Waals surface area contributed by atoms with Gasteiger partial charge in [0.2, 0.25) is 0 Å². The number of nitrogens with one attached hydrogen (secondary N) is 1. The standard InChI is InChI=1S/C10H5Cl2F2N3O2S/c11-8-9(12)15-4-16-10(8)17-20(18,19)5-1-2-6(13)7(14)3-5/h1-4H,(H,15,16,17). The molecule has 0 saturated heterocycles. The molecule has 1 aromatic heterocycles. The molecule has 0 aliphatic heterocycles. The van der Waals surface area contributed by atoms with E-state index in [1.54, 1.807) is 0 Å². The van der Waals surface area contributed by atoms with Gasteiger partial charge >= 0.3 is 0 Å². The molecule has 10 heteroatoms. The minimum Gasteiger partial charge on any atom is -0.262 e. The number of halogens is 4. The summed E-state index contributed by atoms with van der Waals surface area (Å²) in [5, 5.41) is -0.357. The molecule has 106 valence electrons. The van der Waals surface area contributed by atoms with Gasteiger partial charge in [0.1, 0.15) is 11.3 Å². The molecule has 0 radical (unpaired) electrons. The van der Waals surface area contributed by atoms with Gasteiger partial charge in [-0.1, -0.05) is 23.2 Å². The SMILES string of the molecule is O=S(=O)(Nc1ncnc(Cl)c1Cl)c1ccc(F)c(F)c1. The lowest BCUT2D eigenvalue weighted by atomic mass is 10.3. The molecule has 0 bridgehead atoms. The van der Waals surface area contributed by atoms with Crippen LogP contribution in [0.3, 0.4) is 0 Å². The van der Waals surface area contributed by atoms with E-state index < -0.39 is 26.6 Å². The summed E-state index contributed by atoms with van der Waals surface area (Å²) in [6.45, 7) is 0. The summed E-state index contributed by atoms with van der Waals surface area (Å²) >= 11 is 11.3. The highest BCUT2D eigenvalue weighted by atomic mass is 35.5. The first-order valence-corrected chi connectivity index (χ1v) is 7.19. The summed E-state index contributed by atoms with van der Waals surface area (Å²) in [5.41, 5.74) is 0. The molecule has 5 nitrogen and oxygen atoms in total. The molecule has 1 heterocycles. The van der Waals surface area contributed by atoms with Crippen LogP contribution in [0.4, 0.5) is 14.6 Å². The molecule has 0 saturated carbocycles. The van der Waals surface area contributed by atoms with Crippen molar-refractivity contribution in [2.75, 3.05) is 4.72 Å². The highest BCUT2D eigenvalue weighted by Crippen LogP contribution is 2.27. The molecule has 1 N–H and O–H groups in total. The topological polar surface area (TPSA) is 72.0 Å². The van der Waals surface area contributed by atoms with Crippen LogP contribution in [0.15, 0.2) is 29.4 Å². The smallest absolute Gasteiger partial charge is 0.262 e. The van der Waals surface area contributed by atoms with Crippen LogP contribution in [0.25, 0.3) is 0 Å². The second kappa shape index (κ2) is 5.47. The summed E-state index contributed by atoms with van der Waals surface area (Å²) in [5.74, 6) is -2.72. The van der Waals surface area contributed by atoms with Gasteiger partial charge in [0.05, 0.1) is 4.90 Å². The molecule has 0 atom stereocenters. The van der Waals surface area contributed by atoms with E-state index in [4.69, 9.17) is 23.2 Å². The Morgan fingerprint density at radius 3 is 2.45 bits per heavy atom. The summed E-state index contributed by atoms with van der Waals surface area (Å²) in [6, 6.07) is 2.13. The fraction of sp³-hybridized carbons (Fsp3) is 0. The molecule has 0 aliphatic rings. The first-order valence-electron chi connectivity index (χ1n) is 4.95. The number of nitrogens with zero attached hydrogens (tertiary/aromatic N) is 2. The van der Waals surface area contributed by atoms with Crippen molar-refractivity contribution in [1.82, 2.24) is 9.97 Å². The third kappa shape index (κ3) is 2.97. The van der Waals surface area contributed by atoms with Crippen molar-refractivity contribution in [2.45, 2.75) is 4.90 Å². The molecule has 0 aliphatic carbocycles. The second-order valence-corrected chi connectivity index (χ2v) is 5.93. The average Bonchev–Trinajstić information content (AvgIpc) is 2.38. The van der Waals surface area contributed by atoms with E-state index in [-0.39, 0.29) is 16.0 Å². The van der Waals surface area contributed by atoms with Crippen molar-refractivity contribution >= 4 is 39.0 Å². The fourth-order valence-electron chi connectivity index (χ4n) is 1.25. The molecular formula is C10H5Cl2F2N3O2S. The van der Waals surface area contributed by atoms with Gasteiger partial charge in [0, 0.05) is 0 Å². The first-order chi connectivity index (χ1) is 9.31.